The molecule has 0 atom stereocenters. The van der Waals surface area contributed by atoms with E-state index >= 15 is 0 Å². The highest BCUT2D eigenvalue weighted by molar-refractivity contribution is 9.08. The number of fused-ring (bicyclic) bond motifs is 1. The Morgan fingerprint density at radius 2 is 2.31 bits per heavy atom. The summed E-state index contributed by atoms with van der Waals surface area (Å²) in [4.78, 5) is 0. The molecule has 13 heavy (non-hydrogen) atoms. The van der Waals surface area contributed by atoms with E-state index in [1.807, 2.05) is 17.5 Å². The second kappa shape index (κ2) is 3.48. The van der Waals surface area contributed by atoms with Crippen LogP contribution in [-0.2, 0) is 5.33 Å². The molecule has 1 heterocycles. The summed E-state index contributed by atoms with van der Waals surface area (Å²) in [5.74, 6) is 0.198. The summed E-state index contributed by atoms with van der Waals surface area (Å²) in [5.41, 5.74) is 0.921. The van der Waals surface area contributed by atoms with Gasteiger partial charge in [0.25, 0.3) is 0 Å². The van der Waals surface area contributed by atoms with Crippen LogP contribution in [0.25, 0.3) is 10.1 Å². The third-order valence-electron chi connectivity index (χ3n) is 1.87. The molecule has 0 amide bonds. The number of rotatable bonds is 1. The van der Waals surface area contributed by atoms with Crippen molar-refractivity contribution >= 4 is 49.0 Å². The van der Waals surface area contributed by atoms with Gasteiger partial charge in [-0.05, 0) is 28.5 Å². The van der Waals surface area contributed by atoms with Crippen molar-refractivity contribution in [3.63, 3.8) is 0 Å². The highest BCUT2D eigenvalue weighted by Gasteiger charge is 2.10. The lowest BCUT2D eigenvalue weighted by molar-refractivity contribution is 0.482. The van der Waals surface area contributed by atoms with E-state index in [-0.39, 0.29) is 5.75 Å². The van der Waals surface area contributed by atoms with Gasteiger partial charge in [-0.15, -0.1) is 11.3 Å². The molecular weight excluding hydrogens is 272 g/mol. The minimum Gasteiger partial charge on any atom is -0.505 e. The van der Waals surface area contributed by atoms with Crippen LogP contribution in [0.5, 0.6) is 5.75 Å². The largest absolute Gasteiger partial charge is 0.505 e. The van der Waals surface area contributed by atoms with E-state index in [0.29, 0.717) is 10.4 Å². The molecule has 0 radical (unpaired) electrons. The first-order valence-electron chi connectivity index (χ1n) is 3.67. The first-order chi connectivity index (χ1) is 6.24. The zero-order valence-electron chi connectivity index (χ0n) is 6.55. The Hall–Kier alpha value is -0.250. The SMILES string of the molecule is Oc1c(Cl)c(CBr)cc2ccsc12. The van der Waals surface area contributed by atoms with Crippen molar-refractivity contribution in [3.8, 4) is 5.75 Å². The maximum absolute atomic E-state index is 9.72. The predicted octanol–water partition coefficient (Wildman–Crippen LogP) is 4.16. The highest BCUT2D eigenvalue weighted by atomic mass is 79.9. The van der Waals surface area contributed by atoms with E-state index in [2.05, 4.69) is 15.9 Å². The molecular formula is C9H6BrClOS. The van der Waals surface area contributed by atoms with Gasteiger partial charge < -0.3 is 5.11 Å². The van der Waals surface area contributed by atoms with Crippen molar-refractivity contribution in [2.24, 2.45) is 0 Å². The predicted molar refractivity (Wildman–Crippen MR) is 61.1 cm³/mol. The zero-order valence-corrected chi connectivity index (χ0v) is 9.71. The Morgan fingerprint density at radius 3 is 3.00 bits per heavy atom. The second-order valence-electron chi connectivity index (χ2n) is 2.67. The van der Waals surface area contributed by atoms with Crippen LogP contribution in [0.1, 0.15) is 5.56 Å². The lowest BCUT2D eigenvalue weighted by atomic mass is 10.2. The van der Waals surface area contributed by atoms with E-state index in [1.54, 1.807) is 0 Å². The van der Waals surface area contributed by atoms with Crippen LogP contribution in [-0.4, -0.2) is 5.11 Å². The molecule has 1 nitrogen and oxygen atoms in total. The normalized spacial score (nSPS) is 10.9. The van der Waals surface area contributed by atoms with E-state index in [0.717, 1.165) is 15.6 Å². The Kier molecular flexibility index (Phi) is 2.49. The molecule has 1 N–H and O–H groups in total. The summed E-state index contributed by atoms with van der Waals surface area (Å²) >= 11 is 10.8. The number of phenolic OH excluding ortho intramolecular Hbond substituents is 1. The van der Waals surface area contributed by atoms with Gasteiger partial charge in [0.05, 0.1) is 9.72 Å². The number of alkyl halides is 1. The van der Waals surface area contributed by atoms with Crippen LogP contribution in [0, 0.1) is 0 Å². The molecule has 1 aromatic heterocycles. The molecule has 0 aliphatic rings. The molecule has 2 rings (SSSR count). The van der Waals surface area contributed by atoms with Gasteiger partial charge in [0.1, 0.15) is 0 Å². The van der Waals surface area contributed by atoms with Crippen molar-refractivity contribution in [2.45, 2.75) is 5.33 Å². The molecule has 1 aromatic carbocycles. The molecule has 4 heteroatoms. The smallest absolute Gasteiger partial charge is 0.152 e. The van der Waals surface area contributed by atoms with Crippen LogP contribution in [0.3, 0.4) is 0 Å². The van der Waals surface area contributed by atoms with Gasteiger partial charge in [0.2, 0.25) is 0 Å². The van der Waals surface area contributed by atoms with Crippen LogP contribution in [0.15, 0.2) is 17.5 Å². The fourth-order valence-corrected chi connectivity index (χ4v) is 2.93. The second-order valence-corrected chi connectivity index (χ2v) is 4.53. The Balaban J connectivity index is 2.83. The minimum atomic E-state index is 0.198. The van der Waals surface area contributed by atoms with Crippen LogP contribution in [0.2, 0.25) is 5.02 Å². The van der Waals surface area contributed by atoms with E-state index < -0.39 is 0 Å². The van der Waals surface area contributed by atoms with Gasteiger partial charge in [-0.2, -0.15) is 0 Å². The Morgan fingerprint density at radius 1 is 1.54 bits per heavy atom. The summed E-state index contributed by atoms with van der Waals surface area (Å²) in [6, 6.07) is 3.96. The molecule has 68 valence electrons. The zero-order chi connectivity index (χ0) is 9.42. The molecule has 0 spiro atoms. The molecule has 0 aliphatic heterocycles. The number of aromatic hydroxyl groups is 1. The number of hydrogen-bond acceptors (Lipinski definition) is 2. The van der Waals surface area contributed by atoms with Crippen LogP contribution < -0.4 is 0 Å². The maximum atomic E-state index is 9.72. The summed E-state index contributed by atoms with van der Waals surface area (Å²) in [5, 5.41) is 13.8. The van der Waals surface area contributed by atoms with Crippen molar-refractivity contribution in [2.75, 3.05) is 0 Å². The number of phenols is 1. The number of hydrogen-bond donors (Lipinski definition) is 1. The van der Waals surface area contributed by atoms with Gasteiger partial charge in [-0.3, -0.25) is 0 Å². The molecule has 0 bridgehead atoms. The van der Waals surface area contributed by atoms with Crippen LogP contribution in [0.4, 0.5) is 0 Å². The summed E-state index contributed by atoms with van der Waals surface area (Å²) in [6.45, 7) is 0. The first kappa shape index (κ1) is 9.31. The van der Waals surface area contributed by atoms with Gasteiger partial charge in [0.15, 0.2) is 5.75 Å². The summed E-state index contributed by atoms with van der Waals surface area (Å²) < 4.78 is 0.856. The van der Waals surface area contributed by atoms with E-state index in [4.69, 9.17) is 11.6 Å². The summed E-state index contributed by atoms with van der Waals surface area (Å²) in [7, 11) is 0. The molecule has 0 fully saturated rings. The van der Waals surface area contributed by atoms with Crippen molar-refractivity contribution in [3.05, 3.63) is 28.1 Å². The third-order valence-corrected chi connectivity index (χ3v) is 3.84. The number of thiophene rings is 1. The maximum Gasteiger partial charge on any atom is 0.152 e. The first-order valence-corrected chi connectivity index (χ1v) is 6.05. The topological polar surface area (TPSA) is 20.2 Å². The third kappa shape index (κ3) is 1.45. The summed E-state index contributed by atoms with van der Waals surface area (Å²) in [6.07, 6.45) is 0. The van der Waals surface area contributed by atoms with Crippen molar-refractivity contribution in [1.29, 1.82) is 0 Å². The minimum absolute atomic E-state index is 0.198. The molecule has 0 unspecified atom stereocenters. The van der Waals surface area contributed by atoms with Crippen molar-refractivity contribution in [1.82, 2.24) is 0 Å². The highest BCUT2D eigenvalue weighted by Crippen LogP contribution is 2.39. The van der Waals surface area contributed by atoms with E-state index in [9.17, 15) is 5.11 Å². The van der Waals surface area contributed by atoms with Gasteiger partial charge in [0, 0.05) is 5.33 Å². The number of benzene rings is 1. The standard InChI is InChI=1S/C9H6BrClOS/c10-4-6-3-5-1-2-13-9(5)8(12)7(6)11/h1-3,12H,4H2. The lowest BCUT2D eigenvalue weighted by Crippen LogP contribution is -1.80. The molecule has 0 saturated heterocycles. The molecule has 2 aromatic rings. The van der Waals surface area contributed by atoms with Crippen molar-refractivity contribution < 1.29 is 5.11 Å². The van der Waals surface area contributed by atoms with E-state index in [1.165, 1.54) is 11.3 Å². The quantitative estimate of drug-likeness (QED) is 0.776. The van der Waals surface area contributed by atoms with Crippen LogP contribution >= 0.6 is 38.9 Å². The Bertz CT molecular complexity index is 452. The van der Waals surface area contributed by atoms with Gasteiger partial charge in [-0.1, -0.05) is 27.5 Å². The number of halogens is 2. The van der Waals surface area contributed by atoms with Gasteiger partial charge >= 0.3 is 0 Å². The lowest BCUT2D eigenvalue weighted by Gasteiger charge is -2.03. The Labute approximate surface area is 93.1 Å². The molecule has 0 aliphatic carbocycles. The average molecular weight is 278 g/mol. The monoisotopic (exact) mass is 276 g/mol. The fourth-order valence-electron chi connectivity index (χ4n) is 1.23. The fraction of sp³-hybridized carbons (Fsp3) is 0.111. The average Bonchev–Trinajstić information content (AvgIpc) is 2.59. The van der Waals surface area contributed by atoms with Gasteiger partial charge in [-0.25, -0.2) is 0 Å². The molecule has 0 saturated carbocycles.